The Bertz CT molecular complexity index is 1100. The van der Waals surface area contributed by atoms with E-state index >= 15 is 0 Å². The molecule has 0 bridgehead atoms. The highest BCUT2D eigenvalue weighted by Gasteiger charge is 2.44. The quantitative estimate of drug-likeness (QED) is 0.517. The summed E-state index contributed by atoms with van der Waals surface area (Å²) in [5.74, 6) is 1.21. The maximum atomic E-state index is 13.1. The number of pyridine rings is 1. The van der Waals surface area contributed by atoms with Crippen LogP contribution in [0.5, 0.6) is 0 Å². The monoisotopic (exact) mass is 423 g/mol. The maximum absolute atomic E-state index is 13.1. The highest BCUT2D eigenvalue weighted by Crippen LogP contribution is 2.39. The predicted octanol–water partition coefficient (Wildman–Crippen LogP) is 2.75. The Labute approximate surface area is 177 Å². The Balaban J connectivity index is 1.33. The Morgan fingerprint density at radius 3 is 2.94 bits per heavy atom. The number of anilines is 4. The number of rotatable bonds is 6. The number of carbonyl (C=O) groups is 1. The van der Waals surface area contributed by atoms with Crippen molar-refractivity contribution in [3.63, 3.8) is 0 Å². The molecule has 3 aromatic rings. The summed E-state index contributed by atoms with van der Waals surface area (Å²) < 4.78 is 13.1. The van der Waals surface area contributed by atoms with E-state index in [0.717, 1.165) is 12.1 Å². The van der Waals surface area contributed by atoms with Gasteiger partial charge in [-0.15, -0.1) is 0 Å². The number of hydrogen-bond acceptors (Lipinski definition) is 8. The molecule has 5 rings (SSSR count). The summed E-state index contributed by atoms with van der Waals surface area (Å²) in [6, 6.07) is 4.65. The van der Waals surface area contributed by atoms with Gasteiger partial charge in [-0.05, 0) is 44.7 Å². The van der Waals surface area contributed by atoms with Crippen molar-refractivity contribution >= 4 is 29.3 Å². The third-order valence-electron chi connectivity index (χ3n) is 5.76. The second kappa shape index (κ2) is 7.56. The van der Waals surface area contributed by atoms with E-state index in [2.05, 4.69) is 40.8 Å². The van der Waals surface area contributed by atoms with E-state index in [1.807, 2.05) is 17.9 Å². The minimum Gasteiger partial charge on any atom is -0.326 e. The van der Waals surface area contributed by atoms with Crippen LogP contribution in [-0.2, 0) is 4.79 Å². The van der Waals surface area contributed by atoms with Gasteiger partial charge in [-0.2, -0.15) is 14.5 Å². The Morgan fingerprint density at radius 2 is 2.16 bits per heavy atom. The third kappa shape index (κ3) is 3.90. The van der Waals surface area contributed by atoms with E-state index < -0.39 is 11.5 Å². The number of halogens is 1. The van der Waals surface area contributed by atoms with E-state index in [-0.39, 0.29) is 5.91 Å². The lowest BCUT2D eigenvalue weighted by Gasteiger charge is -2.33. The SMILES string of the molecule is C[C@@]1(C(=O)Nc2ccc(F)nc2)CCCN1c1ncnc(Nc2cc(C3CC3)n[nH]2)n1. The van der Waals surface area contributed by atoms with Gasteiger partial charge in [0.05, 0.1) is 17.6 Å². The molecule has 2 aliphatic rings. The molecule has 1 saturated carbocycles. The fraction of sp³-hybridized carbons (Fsp3) is 0.400. The number of carbonyl (C=O) groups excluding carboxylic acids is 1. The Morgan fingerprint density at radius 1 is 1.29 bits per heavy atom. The first-order valence-electron chi connectivity index (χ1n) is 10.2. The molecule has 4 heterocycles. The van der Waals surface area contributed by atoms with Crippen molar-refractivity contribution in [1.82, 2.24) is 30.1 Å². The fourth-order valence-corrected chi connectivity index (χ4v) is 3.82. The van der Waals surface area contributed by atoms with Crippen molar-refractivity contribution in [3.05, 3.63) is 42.4 Å². The van der Waals surface area contributed by atoms with Crippen LogP contribution in [0.1, 0.15) is 44.2 Å². The fourth-order valence-electron chi connectivity index (χ4n) is 3.82. The van der Waals surface area contributed by atoms with Crippen molar-refractivity contribution in [2.75, 3.05) is 22.1 Å². The van der Waals surface area contributed by atoms with Gasteiger partial charge in [0.2, 0.25) is 23.8 Å². The zero-order chi connectivity index (χ0) is 21.4. The van der Waals surface area contributed by atoms with Gasteiger partial charge in [-0.3, -0.25) is 9.89 Å². The summed E-state index contributed by atoms with van der Waals surface area (Å²) in [6.07, 6.45) is 6.50. The van der Waals surface area contributed by atoms with Crippen molar-refractivity contribution in [1.29, 1.82) is 0 Å². The molecule has 1 amide bonds. The van der Waals surface area contributed by atoms with Gasteiger partial charge in [0, 0.05) is 18.5 Å². The number of nitrogens with zero attached hydrogens (tertiary/aromatic N) is 6. The lowest BCUT2D eigenvalue weighted by Crippen LogP contribution is -2.51. The minimum atomic E-state index is -0.861. The molecule has 1 saturated heterocycles. The standard InChI is InChI=1S/C20H22FN9O/c1-20(17(31)25-13-5-6-15(21)22-10-13)7-2-8-30(20)19-24-11-23-18(27-19)26-16-9-14(28-29-16)12-3-4-12/h5-6,9-12H,2-4,7-8H2,1H3,(H,25,31)(H2,23,24,26,27,28,29)/t20-/m0/s1. The third-order valence-corrected chi connectivity index (χ3v) is 5.76. The van der Waals surface area contributed by atoms with Crippen LogP contribution in [0.2, 0.25) is 0 Å². The molecular weight excluding hydrogens is 401 g/mol. The second-order valence-corrected chi connectivity index (χ2v) is 8.07. The van der Waals surface area contributed by atoms with E-state index in [9.17, 15) is 9.18 Å². The molecule has 0 aromatic carbocycles. The van der Waals surface area contributed by atoms with E-state index in [1.165, 1.54) is 37.5 Å². The van der Waals surface area contributed by atoms with Gasteiger partial charge in [0.25, 0.3) is 0 Å². The van der Waals surface area contributed by atoms with Crippen LogP contribution >= 0.6 is 0 Å². The molecule has 10 nitrogen and oxygen atoms in total. The summed E-state index contributed by atoms with van der Waals surface area (Å²) in [7, 11) is 0. The van der Waals surface area contributed by atoms with Crippen molar-refractivity contribution in [2.45, 2.75) is 44.1 Å². The van der Waals surface area contributed by atoms with Gasteiger partial charge in [0.1, 0.15) is 17.7 Å². The predicted molar refractivity (Wildman–Crippen MR) is 111 cm³/mol. The summed E-state index contributed by atoms with van der Waals surface area (Å²) >= 11 is 0. The summed E-state index contributed by atoms with van der Waals surface area (Å²) in [5.41, 5.74) is 0.610. The van der Waals surface area contributed by atoms with E-state index in [1.54, 1.807) is 0 Å². The Hall–Kier alpha value is -3.63. The van der Waals surface area contributed by atoms with E-state index in [0.29, 0.717) is 42.3 Å². The van der Waals surface area contributed by atoms with Crippen LogP contribution < -0.4 is 15.5 Å². The number of aromatic amines is 1. The van der Waals surface area contributed by atoms with Gasteiger partial charge in [-0.25, -0.2) is 15.0 Å². The number of H-pyrrole nitrogens is 1. The molecule has 11 heteroatoms. The number of amides is 1. The zero-order valence-corrected chi connectivity index (χ0v) is 17.0. The number of aromatic nitrogens is 6. The first-order valence-corrected chi connectivity index (χ1v) is 10.2. The molecule has 0 unspecified atom stereocenters. The highest BCUT2D eigenvalue weighted by atomic mass is 19.1. The molecular formula is C20H22FN9O. The molecule has 1 aliphatic heterocycles. The van der Waals surface area contributed by atoms with Crippen LogP contribution in [0, 0.1) is 5.95 Å². The average Bonchev–Trinajstić information content (AvgIpc) is 3.38. The highest BCUT2D eigenvalue weighted by molar-refractivity contribution is 6.00. The van der Waals surface area contributed by atoms with Crippen LogP contribution in [-0.4, -0.2) is 48.1 Å². The molecule has 0 spiro atoms. The molecule has 1 atom stereocenters. The maximum Gasteiger partial charge on any atom is 0.250 e. The smallest absolute Gasteiger partial charge is 0.250 e. The summed E-state index contributed by atoms with van der Waals surface area (Å²) in [4.78, 5) is 31.5. The van der Waals surface area contributed by atoms with Gasteiger partial charge >= 0.3 is 0 Å². The first kappa shape index (κ1) is 19.3. The van der Waals surface area contributed by atoms with Gasteiger partial charge in [0.15, 0.2) is 0 Å². The zero-order valence-electron chi connectivity index (χ0n) is 17.0. The van der Waals surface area contributed by atoms with E-state index in [4.69, 9.17) is 0 Å². The second-order valence-electron chi connectivity index (χ2n) is 8.07. The van der Waals surface area contributed by atoms with Crippen LogP contribution in [0.25, 0.3) is 0 Å². The molecule has 3 N–H and O–H groups in total. The van der Waals surface area contributed by atoms with Crippen LogP contribution in [0.15, 0.2) is 30.7 Å². The van der Waals surface area contributed by atoms with Crippen molar-refractivity contribution < 1.29 is 9.18 Å². The molecule has 0 radical (unpaired) electrons. The molecule has 160 valence electrons. The van der Waals surface area contributed by atoms with Gasteiger partial charge < -0.3 is 15.5 Å². The average molecular weight is 423 g/mol. The topological polar surface area (TPSA) is 125 Å². The summed E-state index contributed by atoms with van der Waals surface area (Å²) in [5, 5.41) is 13.2. The van der Waals surface area contributed by atoms with Crippen LogP contribution in [0.4, 0.5) is 27.8 Å². The lowest BCUT2D eigenvalue weighted by atomic mass is 9.97. The molecule has 1 aliphatic carbocycles. The number of nitrogens with one attached hydrogen (secondary N) is 3. The molecule has 2 fully saturated rings. The largest absolute Gasteiger partial charge is 0.326 e. The number of hydrogen-bond donors (Lipinski definition) is 3. The summed E-state index contributed by atoms with van der Waals surface area (Å²) in [6.45, 7) is 2.48. The van der Waals surface area contributed by atoms with Crippen LogP contribution in [0.3, 0.4) is 0 Å². The Kier molecular flexibility index (Phi) is 4.72. The lowest BCUT2D eigenvalue weighted by molar-refractivity contribution is -0.120. The first-order chi connectivity index (χ1) is 15.0. The van der Waals surface area contributed by atoms with Crippen molar-refractivity contribution in [3.8, 4) is 0 Å². The van der Waals surface area contributed by atoms with Gasteiger partial charge in [-0.1, -0.05) is 0 Å². The minimum absolute atomic E-state index is 0.226. The molecule has 3 aromatic heterocycles. The molecule has 31 heavy (non-hydrogen) atoms. The normalized spacial score (nSPS) is 20.6. The van der Waals surface area contributed by atoms with Crippen molar-refractivity contribution in [2.24, 2.45) is 0 Å².